The van der Waals surface area contributed by atoms with Crippen molar-refractivity contribution < 1.29 is 13.5 Å². The van der Waals surface area contributed by atoms with Gasteiger partial charge in [0.25, 0.3) is 0 Å². The molecule has 0 spiro atoms. The third-order valence-corrected chi connectivity index (χ3v) is 6.31. The second-order valence-corrected chi connectivity index (χ2v) is 7.40. The van der Waals surface area contributed by atoms with E-state index in [-0.39, 0.29) is 16.2 Å². The summed E-state index contributed by atoms with van der Waals surface area (Å²) >= 11 is 0. The molecule has 2 unspecified atom stereocenters. The smallest absolute Gasteiger partial charge is 0.158 e. The maximum absolute atomic E-state index is 11.6. The summed E-state index contributed by atoms with van der Waals surface area (Å²) in [6.45, 7) is 1.84. The highest BCUT2D eigenvalue weighted by Gasteiger charge is 2.51. The fourth-order valence-electron chi connectivity index (χ4n) is 2.73. The highest BCUT2D eigenvalue weighted by molar-refractivity contribution is 7.94. The lowest BCUT2D eigenvalue weighted by Gasteiger charge is -2.46. The van der Waals surface area contributed by atoms with Gasteiger partial charge in [-0.05, 0) is 12.5 Å². The van der Waals surface area contributed by atoms with Crippen molar-refractivity contribution in [3.63, 3.8) is 0 Å². The first-order chi connectivity index (χ1) is 8.07. The van der Waals surface area contributed by atoms with Crippen LogP contribution in [0.25, 0.3) is 0 Å². The Kier molecular flexibility index (Phi) is 2.41. The van der Waals surface area contributed by atoms with Crippen LogP contribution in [-0.2, 0) is 16.4 Å². The Morgan fingerprint density at radius 2 is 1.88 bits per heavy atom. The van der Waals surface area contributed by atoms with Crippen molar-refractivity contribution in [1.29, 1.82) is 0 Å². The third-order valence-electron chi connectivity index (χ3n) is 3.76. The SMILES string of the molecule is O=S1(=O)C2CC1CN(Cc1ccccc1O)C2. The highest BCUT2D eigenvalue weighted by Crippen LogP contribution is 2.36. The van der Waals surface area contributed by atoms with Gasteiger partial charge < -0.3 is 5.11 Å². The first-order valence-corrected chi connectivity index (χ1v) is 7.40. The van der Waals surface area contributed by atoms with E-state index >= 15 is 0 Å². The number of hydrogen-bond acceptors (Lipinski definition) is 4. The van der Waals surface area contributed by atoms with Gasteiger partial charge in [0.05, 0.1) is 10.5 Å². The molecule has 4 rings (SSSR count). The average molecular weight is 253 g/mol. The lowest BCUT2D eigenvalue weighted by Crippen LogP contribution is -2.61. The van der Waals surface area contributed by atoms with Crippen molar-refractivity contribution in [3.8, 4) is 5.75 Å². The van der Waals surface area contributed by atoms with Crippen LogP contribution in [0.5, 0.6) is 5.75 Å². The van der Waals surface area contributed by atoms with Crippen molar-refractivity contribution in [1.82, 2.24) is 4.90 Å². The topological polar surface area (TPSA) is 57.6 Å². The number of piperidine rings is 1. The number of para-hydroxylation sites is 1. The summed E-state index contributed by atoms with van der Waals surface area (Å²) in [5.74, 6) is 0.287. The molecule has 1 aromatic carbocycles. The van der Waals surface area contributed by atoms with Crippen LogP contribution in [0.2, 0.25) is 0 Å². The van der Waals surface area contributed by atoms with Crippen molar-refractivity contribution >= 4 is 9.84 Å². The number of phenolic OH excluding ortho intramolecular Hbond substituents is 1. The van der Waals surface area contributed by atoms with E-state index in [1.54, 1.807) is 12.1 Å². The molecule has 3 saturated heterocycles. The second-order valence-electron chi connectivity index (χ2n) is 4.89. The lowest BCUT2D eigenvalue weighted by atomic mass is 10.1. The van der Waals surface area contributed by atoms with Crippen molar-refractivity contribution in [2.24, 2.45) is 0 Å². The monoisotopic (exact) mass is 253 g/mol. The molecule has 5 heteroatoms. The molecule has 3 aliphatic heterocycles. The molecule has 0 amide bonds. The quantitative estimate of drug-likeness (QED) is 0.845. The molecule has 4 nitrogen and oxygen atoms in total. The number of rotatable bonds is 2. The van der Waals surface area contributed by atoms with Crippen LogP contribution in [0, 0.1) is 0 Å². The van der Waals surface area contributed by atoms with E-state index in [1.807, 2.05) is 12.1 Å². The van der Waals surface area contributed by atoms with E-state index in [1.165, 1.54) is 0 Å². The lowest BCUT2D eigenvalue weighted by molar-refractivity contribution is 0.199. The zero-order valence-corrected chi connectivity index (χ0v) is 10.2. The number of sulfone groups is 1. The van der Waals surface area contributed by atoms with E-state index in [9.17, 15) is 13.5 Å². The van der Waals surface area contributed by atoms with Gasteiger partial charge in [0.1, 0.15) is 5.75 Å². The summed E-state index contributed by atoms with van der Waals surface area (Å²) in [6, 6.07) is 7.22. The molecule has 0 saturated carbocycles. The van der Waals surface area contributed by atoms with E-state index in [0.29, 0.717) is 19.6 Å². The Balaban J connectivity index is 1.72. The average Bonchev–Trinajstić information content (AvgIpc) is 2.32. The minimum absolute atomic E-state index is 0.174. The zero-order valence-electron chi connectivity index (χ0n) is 9.41. The minimum atomic E-state index is -2.80. The first kappa shape index (κ1) is 11.0. The van der Waals surface area contributed by atoms with Crippen molar-refractivity contribution in [2.45, 2.75) is 23.5 Å². The molecule has 17 heavy (non-hydrogen) atoms. The number of hydrogen-bond donors (Lipinski definition) is 1. The fraction of sp³-hybridized carbons (Fsp3) is 0.500. The van der Waals surface area contributed by atoms with Crippen molar-refractivity contribution in [3.05, 3.63) is 29.8 Å². The van der Waals surface area contributed by atoms with Crippen LogP contribution >= 0.6 is 0 Å². The van der Waals surface area contributed by atoms with Crippen LogP contribution < -0.4 is 0 Å². The Morgan fingerprint density at radius 1 is 1.24 bits per heavy atom. The summed E-state index contributed by atoms with van der Waals surface area (Å²) in [4.78, 5) is 2.12. The Labute approximate surface area is 101 Å². The predicted molar refractivity (Wildman–Crippen MR) is 64.5 cm³/mol. The minimum Gasteiger partial charge on any atom is -0.508 e. The Morgan fingerprint density at radius 3 is 2.47 bits per heavy atom. The van der Waals surface area contributed by atoms with E-state index < -0.39 is 9.84 Å². The van der Waals surface area contributed by atoms with Crippen LogP contribution in [-0.4, -0.2) is 42.0 Å². The van der Waals surface area contributed by atoms with Crippen molar-refractivity contribution in [2.75, 3.05) is 13.1 Å². The van der Waals surface area contributed by atoms with Gasteiger partial charge in [-0.25, -0.2) is 8.42 Å². The molecule has 92 valence electrons. The summed E-state index contributed by atoms with van der Waals surface area (Å²) in [5.41, 5.74) is 0.867. The number of aromatic hydroxyl groups is 1. The van der Waals surface area contributed by atoms with Gasteiger partial charge in [-0.1, -0.05) is 18.2 Å². The van der Waals surface area contributed by atoms with E-state index in [2.05, 4.69) is 4.90 Å². The molecule has 0 aromatic heterocycles. The summed E-state index contributed by atoms with van der Waals surface area (Å²) in [5, 5.41) is 9.33. The molecule has 1 aromatic rings. The number of fused-ring (bicyclic) bond motifs is 2. The Bertz CT molecular complexity index is 522. The molecule has 0 aliphatic carbocycles. The first-order valence-electron chi connectivity index (χ1n) is 5.79. The standard InChI is InChI=1S/C12H15NO3S/c14-12-4-2-1-3-9(12)6-13-7-10-5-11(8-13)17(10,15)16/h1-4,10-11,14H,5-8H2. The molecule has 0 radical (unpaired) electrons. The van der Waals surface area contributed by atoms with Crippen LogP contribution in [0.15, 0.2) is 24.3 Å². The highest BCUT2D eigenvalue weighted by atomic mass is 32.2. The molecule has 3 fully saturated rings. The molecular formula is C12H15NO3S. The van der Waals surface area contributed by atoms with Gasteiger partial charge in [-0.15, -0.1) is 0 Å². The predicted octanol–water partition coefficient (Wildman–Crippen LogP) is 0.763. The van der Waals surface area contributed by atoms with E-state index in [0.717, 1.165) is 12.0 Å². The summed E-state index contributed by atoms with van der Waals surface area (Å²) < 4.78 is 23.2. The number of benzene rings is 1. The maximum Gasteiger partial charge on any atom is 0.158 e. The maximum atomic E-state index is 11.6. The van der Waals surface area contributed by atoms with Gasteiger partial charge in [0.15, 0.2) is 9.84 Å². The second kappa shape index (κ2) is 3.71. The number of nitrogens with zero attached hydrogens (tertiary/aromatic N) is 1. The van der Waals surface area contributed by atoms with Gasteiger partial charge in [0.2, 0.25) is 0 Å². The fourth-order valence-corrected chi connectivity index (χ4v) is 4.76. The molecule has 1 N–H and O–H groups in total. The molecule has 2 atom stereocenters. The van der Waals surface area contributed by atoms with Gasteiger partial charge in [-0.3, -0.25) is 4.90 Å². The van der Waals surface area contributed by atoms with Gasteiger partial charge >= 0.3 is 0 Å². The molecule has 2 bridgehead atoms. The van der Waals surface area contributed by atoms with Crippen LogP contribution in [0.1, 0.15) is 12.0 Å². The number of phenols is 1. The van der Waals surface area contributed by atoms with Gasteiger partial charge in [0, 0.05) is 25.2 Å². The molecule has 3 aliphatic rings. The summed E-state index contributed by atoms with van der Waals surface area (Å²) in [7, 11) is -2.80. The molecular weight excluding hydrogens is 238 g/mol. The largest absolute Gasteiger partial charge is 0.508 e. The van der Waals surface area contributed by atoms with Crippen LogP contribution in [0.3, 0.4) is 0 Å². The third kappa shape index (κ3) is 1.73. The zero-order chi connectivity index (χ0) is 12.0. The normalized spacial score (nSPS) is 30.8. The van der Waals surface area contributed by atoms with Crippen LogP contribution in [0.4, 0.5) is 0 Å². The van der Waals surface area contributed by atoms with Gasteiger partial charge in [-0.2, -0.15) is 0 Å². The Hall–Kier alpha value is -1.07. The molecule has 3 heterocycles. The van der Waals surface area contributed by atoms with E-state index in [4.69, 9.17) is 0 Å². The summed E-state index contributed by atoms with van der Waals surface area (Å²) in [6.07, 6.45) is 0.819.